The molecule has 2 atom stereocenters. The van der Waals surface area contributed by atoms with Gasteiger partial charge < -0.3 is 20.7 Å². The zero-order chi connectivity index (χ0) is 23.6. The number of hydrogen-bond acceptors (Lipinski definition) is 5. The molecule has 0 saturated heterocycles. The lowest BCUT2D eigenvalue weighted by atomic mass is 9.96. The van der Waals surface area contributed by atoms with Crippen LogP contribution in [0, 0.1) is 5.92 Å². The maximum Gasteiger partial charge on any atom is 0.414 e. The normalized spacial score (nSPS) is 19.7. The Morgan fingerprint density at radius 2 is 1.94 bits per heavy atom. The Balaban J connectivity index is 1.93. The average molecular weight is 457 g/mol. The van der Waals surface area contributed by atoms with Gasteiger partial charge >= 0.3 is 12.3 Å². The number of fused-ring (bicyclic) bond motifs is 1. The van der Waals surface area contributed by atoms with Crippen LogP contribution in [0.5, 0.6) is 0 Å². The van der Waals surface area contributed by atoms with Crippen molar-refractivity contribution in [3.63, 3.8) is 0 Å². The lowest BCUT2D eigenvalue weighted by Crippen LogP contribution is -2.52. The van der Waals surface area contributed by atoms with E-state index in [1.807, 2.05) is 6.92 Å². The third kappa shape index (κ3) is 5.72. The van der Waals surface area contributed by atoms with Crippen LogP contribution in [0.1, 0.15) is 45.1 Å². The van der Waals surface area contributed by atoms with Gasteiger partial charge in [-0.25, -0.2) is 4.79 Å². The van der Waals surface area contributed by atoms with Crippen molar-refractivity contribution in [2.24, 2.45) is 11.7 Å². The number of rotatable bonds is 7. The summed E-state index contributed by atoms with van der Waals surface area (Å²) in [5.74, 6) is -0.356. The molecule has 0 radical (unpaired) electrons. The van der Waals surface area contributed by atoms with E-state index in [4.69, 9.17) is 10.5 Å². The number of benzene rings is 1. The first-order valence-corrected chi connectivity index (χ1v) is 10.9. The SMILES string of the molecule is CC(C)OC(=O)N1C[C@H](C)N(C(=O)C2CC2)c2ccc(C(CN)CNCC(F)(F)F)cc21. The van der Waals surface area contributed by atoms with Gasteiger partial charge in [-0.2, -0.15) is 13.2 Å². The number of nitrogens with two attached hydrogens (primary N) is 1. The summed E-state index contributed by atoms with van der Waals surface area (Å²) in [6.07, 6.45) is -3.45. The van der Waals surface area contributed by atoms with Crippen LogP contribution in [0.3, 0.4) is 0 Å². The van der Waals surface area contributed by atoms with Crippen LogP contribution in [0.2, 0.25) is 0 Å². The molecule has 0 aromatic heterocycles. The molecule has 1 fully saturated rings. The van der Waals surface area contributed by atoms with Gasteiger partial charge in [-0.15, -0.1) is 0 Å². The number of halogens is 3. The Bertz CT molecular complexity index is 842. The molecule has 2 aliphatic rings. The highest BCUT2D eigenvalue weighted by atomic mass is 19.4. The second-order valence-corrected chi connectivity index (χ2v) is 8.80. The predicted octanol–water partition coefficient (Wildman–Crippen LogP) is 3.38. The van der Waals surface area contributed by atoms with E-state index >= 15 is 0 Å². The van der Waals surface area contributed by atoms with Crippen LogP contribution in [-0.2, 0) is 9.53 Å². The fourth-order valence-electron chi connectivity index (χ4n) is 3.92. The molecule has 2 amide bonds. The molecular weight excluding hydrogens is 425 g/mol. The summed E-state index contributed by atoms with van der Waals surface area (Å²) < 4.78 is 43.0. The van der Waals surface area contributed by atoms with Crippen LogP contribution in [0.4, 0.5) is 29.3 Å². The van der Waals surface area contributed by atoms with Crippen molar-refractivity contribution < 1.29 is 27.5 Å². The standard InChI is InChI=1S/C22H31F3N4O3/c1-13(2)32-21(31)28-11-14(3)29(20(30)15-4-5-15)18-7-6-16(8-19(18)28)17(9-26)10-27-12-22(23,24)25/h6-8,13-15,17,27H,4-5,9-12,26H2,1-3H3/t14-,17?/m0/s1. The molecule has 7 nitrogen and oxygen atoms in total. The second kappa shape index (κ2) is 9.66. The fraction of sp³-hybridized carbons (Fsp3) is 0.636. The third-order valence-electron chi connectivity index (χ3n) is 5.63. The molecule has 1 aliphatic carbocycles. The fourth-order valence-corrected chi connectivity index (χ4v) is 3.92. The van der Waals surface area contributed by atoms with Gasteiger partial charge in [-0.05, 0) is 51.3 Å². The summed E-state index contributed by atoms with van der Waals surface area (Å²) in [5, 5.41) is 2.40. The van der Waals surface area contributed by atoms with E-state index in [0.717, 1.165) is 12.8 Å². The minimum atomic E-state index is -4.31. The molecule has 3 N–H and O–H groups in total. The highest BCUT2D eigenvalue weighted by Crippen LogP contribution is 2.41. The van der Waals surface area contributed by atoms with E-state index in [0.29, 0.717) is 16.9 Å². The van der Waals surface area contributed by atoms with E-state index in [2.05, 4.69) is 5.32 Å². The molecule has 178 valence electrons. The van der Waals surface area contributed by atoms with Crippen molar-refractivity contribution >= 4 is 23.4 Å². The topological polar surface area (TPSA) is 87.9 Å². The van der Waals surface area contributed by atoms with Crippen molar-refractivity contribution in [3.8, 4) is 0 Å². The summed E-state index contributed by atoms with van der Waals surface area (Å²) >= 11 is 0. The molecule has 0 spiro atoms. The highest BCUT2D eigenvalue weighted by molar-refractivity contribution is 6.04. The summed E-state index contributed by atoms with van der Waals surface area (Å²) in [6, 6.07) is 5.02. The van der Waals surface area contributed by atoms with Gasteiger partial charge in [0, 0.05) is 31.5 Å². The quantitative estimate of drug-likeness (QED) is 0.657. The second-order valence-electron chi connectivity index (χ2n) is 8.80. The third-order valence-corrected chi connectivity index (χ3v) is 5.63. The Morgan fingerprint density at radius 3 is 2.50 bits per heavy atom. The van der Waals surface area contributed by atoms with Crippen LogP contribution in [-0.4, -0.2) is 56.5 Å². The van der Waals surface area contributed by atoms with Gasteiger partial charge in [0.1, 0.15) is 0 Å². The van der Waals surface area contributed by atoms with Crippen LogP contribution >= 0.6 is 0 Å². The Morgan fingerprint density at radius 1 is 1.25 bits per heavy atom. The van der Waals surface area contributed by atoms with E-state index in [1.165, 1.54) is 4.90 Å². The van der Waals surface area contributed by atoms with E-state index in [-0.39, 0.29) is 43.6 Å². The number of nitrogens with zero attached hydrogens (tertiary/aromatic N) is 2. The van der Waals surface area contributed by atoms with E-state index in [1.54, 1.807) is 36.9 Å². The summed E-state index contributed by atoms with van der Waals surface area (Å²) in [7, 11) is 0. The molecule has 1 aromatic carbocycles. The number of anilines is 2. The molecular formula is C22H31F3N4O3. The molecule has 32 heavy (non-hydrogen) atoms. The Hall–Kier alpha value is -2.33. The zero-order valence-electron chi connectivity index (χ0n) is 18.6. The summed E-state index contributed by atoms with van der Waals surface area (Å²) in [6.45, 7) is 4.71. The van der Waals surface area contributed by atoms with Crippen molar-refractivity contribution in [2.45, 2.75) is 57.9 Å². The zero-order valence-corrected chi connectivity index (χ0v) is 18.6. The number of hydrogen-bond donors (Lipinski definition) is 2. The lowest BCUT2D eigenvalue weighted by Gasteiger charge is -2.41. The van der Waals surface area contributed by atoms with Gasteiger partial charge in [0.15, 0.2) is 0 Å². The molecule has 1 aliphatic heterocycles. The molecule has 10 heteroatoms. The van der Waals surface area contributed by atoms with Gasteiger partial charge in [0.25, 0.3) is 0 Å². The number of ether oxygens (including phenoxy) is 1. The van der Waals surface area contributed by atoms with Crippen LogP contribution < -0.4 is 20.9 Å². The minimum Gasteiger partial charge on any atom is -0.446 e. The summed E-state index contributed by atoms with van der Waals surface area (Å²) in [5.41, 5.74) is 7.65. The van der Waals surface area contributed by atoms with E-state index in [9.17, 15) is 22.8 Å². The summed E-state index contributed by atoms with van der Waals surface area (Å²) in [4.78, 5) is 29.0. The maximum absolute atomic E-state index is 13.0. The van der Waals surface area contributed by atoms with E-state index < -0.39 is 24.7 Å². The highest BCUT2D eigenvalue weighted by Gasteiger charge is 2.41. The Labute approximate surface area is 186 Å². The molecule has 1 saturated carbocycles. The van der Waals surface area contributed by atoms with Crippen molar-refractivity contribution in [3.05, 3.63) is 23.8 Å². The van der Waals surface area contributed by atoms with Gasteiger partial charge in [0.2, 0.25) is 5.91 Å². The first-order valence-electron chi connectivity index (χ1n) is 10.9. The first-order chi connectivity index (χ1) is 15.0. The maximum atomic E-state index is 13.0. The smallest absolute Gasteiger partial charge is 0.414 e. The molecule has 0 bridgehead atoms. The first kappa shape index (κ1) is 24.3. The van der Waals surface area contributed by atoms with Gasteiger partial charge in [-0.3, -0.25) is 9.69 Å². The molecule has 3 rings (SSSR count). The van der Waals surface area contributed by atoms with Crippen molar-refractivity contribution in [2.75, 3.05) is 36.0 Å². The lowest BCUT2D eigenvalue weighted by molar-refractivity contribution is -0.124. The molecule has 1 heterocycles. The number of alkyl halides is 3. The van der Waals surface area contributed by atoms with Gasteiger partial charge in [-0.1, -0.05) is 6.07 Å². The Kier molecular flexibility index (Phi) is 7.34. The van der Waals surface area contributed by atoms with Gasteiger partial charge in [0.05, 0.1) is 30.1 Å². The van der Waals surface area contributed by atoms with Crippen molar-refractivity contribution in [1.29, 1.82) is 0 Å². The van der Waals surface area contributed by atoms with Crippen molar-refractivity contribution in [1.82, 2.24) is 5.32 Å². The number of nitrogens with one attached hydrogen (secondary N) is 1. The monoisotopic (exact) mass is 456 g/mol. The molecule has 1 unspecified atom stereocenters. The number of amides is 2. The predicted molar refractivity (Wildman–Crippen MR) is 116 cm³/mol. The largest absolute Gasteiger partial charge is 0.446 e. The van der Waals surface area contributed by atoms with Crippen LogP contribution in [0.25, 0.3) is 0 Å². The number of carbonyl (C=O) groups is 2. The minimum absolute atomic E-state index is 0.00232. The number of carbonyl (C=O) groups excluding carboxylic acids is 2. The molecule has 1 aromatic rings. The average Bonchev–Trinajstić information content (AvgIpc) is 3.54. The van der Waals surface area contributed by atoms with Crippen LogP contribution in [0.15, 0.2) is 18.2 Å².